The standard InChI is InChI=1S/C22H23F3N4OS/c1-12-8-6-7-11-29(12)19-17-13(2)18(31-21(17)27-14(3)26-19)20(30)28-16-10-5-4-9-15(16)22(23,24)25/h4-5,9-10,12H,6-8,11H2,1-3H3,(H,28,30)/t12-/m1/s1. The van der Waals surface area contributed by atoms with E-state index in [0.29, 0.717) is 27.1 Å². The van der Waals surface area contributed by atoms with Crippen molar-refractivity contribution in [3.8, 4) is 0 Å². The lowest BCUT2D eigenvalue weighted by Crippen LogP contribution is -2.38. The minimum atomic E-state index is -4.56. The largest absolute Gasteiger partial charge is 0.418 e. The zero-order chi connectivity index (χ0) is 22.3. The molecule has 2 aromatic heterocycles. The molecule has 1 saturated heterocycles. The summed E-state index contributed by atoms with van der Waals surface area (Å²) in [6.07, 6.45) is -1.26. The molecule has 3 aromatic rings. The van der Waals surface area contributed by atoms with Crippen LogP contribution in [0.15, 0.2) is 24.3 Å². The van der Waals surface area contributed by atoms with Crippen LogP contribution in [0, 0.1) is 13.8 Å². The number of nitrogens with one attached hydrogen (secondary N) is 1. The highest BCUT2D eigenvalue weighted by Crippen LogP contribution is 2.39. The predicted octanol–water partition coefficient (Wildman–Crippen LogP) is 5.96. The average molecular weight is 449 g/mol. The number of amides is 1. The Morgan fingerprint density at radius 3 is 2.65 bits per heavy atom. The van der Waals surface area contributed by atoms with E-state index >= 15 is 0 Å². The van der Waals surface area contributed by atoms with E-state index in [-0.39, 0.29) is 5.69 Å². The second-order valence-corrected chi connectivity index (χ2v) is 8.87. The monoisotopic (exact) mass is 448 g/mol. The lowest BCUT2D eigenvalue weighted by molar-refractivity contribution is -0.136. The Morgan fingerprint density at radius 1 is 1.19 bits per heavy atom. The molecule has 0 spiro atoms. The number of carbonyl (C=O) groups excluding carboxylic acids is 1. The van der Waals surface area contributed by atoms with Gasteiger partial charge in [-0.2, -0.15) is 13.2 Å². The molecule has 9 heteroatoms. The van der Waals surface area contributed by atoms with Gasteiger partial charge in [-0.05, 0) is 57.7 Å². The fourth-order valence-electron chi connectivity index (χ4n) is 4.08. The molecule has 0 saturated carbocycles. The van der Waals surface area contributed by atoms with Gasteiger partial charge in [0.15, 0.2) is 0 Å². The van der Waals surface area contributed by atoms with E-state index < -0.39 is 17.6 Å². The Balaban J connectivity index is 1.75. The molecule has 1 N–H and O–H groups in total. The van der Waals surface area contributed by atoms with Crippen molar-refractivity contribution in [2.75, 3.05) is 16.8 Å². The van der Waals surface area contributed by atoms with E-state index in [9.17, 15) is 18.0 Å². The third-order valence-corrected chi connectivity index (χ3v) is 6.83. The van der Waals surface area contributed by atoms with Crippen LogP contribution in [0.1, 0.15) is 52.8 Å². The first kappa shape index (κ1) is 21.5. The minimum absolute atomic E-state index is 0.260. The van der Waals surface area contributed by atoms with Crippen LogP contribution in [0.3, 0.4) is 0 Å². The quantitative estimate of drug-likeness (QED) is 0.537. The molecule has 0 unspecified atom stereocenters. The molecule has 0 bridgehead atoms. The number of aromatic nitrogens is 2. The van der Waals surface area contributed by atoms with Crippen molar-refractivity contribution in [1.29, 1.82) is 0 Å². The number of benzene rings is 1. The number of alkyl halides is 3. The molecule has 1 aliphatic heterocycles. The normalized spacial score (nSPS) is 17.2. The van der Waals surface area contributed by atoms with Crippen molar-refractivity contribution in [2.45, 2.75) is 52.3 Å². The van der Waals surface area contributed by atoms with E-state index in [1.807, 2.05) is 6.92 Å². The van der Waals surface area contributed by atoms with Crippen LogP contribution >= 0.6 is 11.3 Å². The highest BCUT2D eigenvalue weighted by atomic mass is 32.1. The Hall–Kier alpha value is -2.68. The fraction of sp³-hybridized carbons (Fsp3) is 0.409. The van der Waals surface area contributed by atoms with Gasteiger partial charge in [0.2, 0.25) is 0 Å². The van der Waals surface area contributed by atoms with Gasteiger partial charge in [0.1, 0.15) is 16.5 Å². The SMILES string of the molecule is Cc1nc(N2CCCC[C@H]2C)c2c(C)c(C(=O)Nc3ccccc3C(F)(F)F)sc2n1. The van der Waals surface area contributed by atoms with E-state index in [1.165, 1.54) is 36.0 Å². The zero-order valence-electron chi connectivity index (χ0n) is 17.5. The van der Waals surface area contributed by atoms with E-state index in [4.69, 9.17) is 0 Å². The summed E-state index contributed by atoms with van der Waals surface area (Å²) in [5, 5.41) is 3.25. The van der Waals surface area contributed by atoms with Gasteiger partial charge in [-0.3, -0.25) is 4.79 Å². The Morgan fingerprint density at radius 2 is 1.94 bits per heavy atom. The maximum atomic E-state index is 13.3. The topological polar surface area (TPSA) is 58.1 Å². The maximum absolute atomic E-state index is 13.3. The van der Waals surface area contributed by atoms with Gasteiger partial charge in [-0.15, -0.1) is 11.3 Å². The third-order valence-electron chi connectivity index (χ3n) is 5.64. The van der Waals surface area contributed by atoms with Gasteiger partial charge >= 0.3 is 6.18 Å². The average Bonchev–Trinajstić information content (AvgIpc) is 3.04. The minimum Gasteiger partial charge on any atom is -0.353 e. The summed E-state index contributed by atoms with van der Waals surface area (Å²) >= 11 is 1.19. The first-order valence-electron chi connectivity index (χ1n) is 10.2. The second kappa shape index (κ2) is 8.11. The van der Waals surface area contributed by atoms with Crippen LogP contribution in [-0.4, -0.2) is 28.5 Å². The van der Waals surface area contributed by atoms with Crippen LogP contribution in [0.5, 0.6) is 0 Å². The molecule has 1 aromatic carbocycles. The third kappa shape index (κ3) is 4.11. The summed E-state index contributed by atoms with van der Waals surface area (Å²) in [5.41, 5.74) is -0.445. The summed E-state index contributed by atoms with van der Waals surface area (Å²) < 4.78 is 39.9. The Kier molecular flexibility index (Phi) is 5.63. The highest BCUT2D eigenvalue weighted by Gasteiger charge is 2.34. The van der Waals surface area contributed by atoms with Crippen molar-refractivity contribution in [1.82, 2.24) is 9.97 Å². The summed E-state index contributed by atoms with van der Waals surface area (Å²) in [5.74, 6) is 0.835. The van der Waals surface area contributed by atoms with Gasteiger partial charge in [0.05, 0.1) is 21.5 Å². The number of hydrogen-bond acceptors (Lipinski definition) is 5. The van der Waals surface area contributed by atoms with Crippen molar-refractivity contribution in [2.24, 2.45) is 0 Å². The summed E-state index contributed by atoms with van der Waals surface area (Å²) in [6, 6.07) is 5.30. The molecule has 1 aliphatic rings. The number of aryl methyl sites for hydroxylation is 2. The molecular formula is C22H23F3N4OS. The molecule has 164 valence electrons. The molecule has 31 heavy (non-hydrogen) atoms. The number of rotatable bonds is 3. The number of piperidine rings is 1. The number of carbonyl (C=O) groups is 1. The number of para-hydroxylation sites is 1. The first-order valence-corrected chi connectivity index (χ1v) is 11.0. The van der Waals surface area contributed by atoms with Crippen molar-refractivity contribution >= 4 is 39.0 Å². The van der Waals surface area contributed by atoms with Crippen LogP contribution in [-0.2, 0) is 6.18 Å². The molecule has 1 fully saturated rings. The molecule has 5 nitrogen and oxygen atoms in total. The maximum Gasteiger partial charge on any atom is 0.418 e. The van der Waals surface area contributed by atoms with Crippen molar-refractivity contribution < 1.29 is 18.0 Å². The van der Waals surface area contributed by atoms with E-state index in [0.717, 1.165) is 36.7 Å². The van der Waals surface area contributed by atoms with Gasteiger partial charge in [0, 0.05) is 12.6 Å². The Bertz CT molecular complexity index is 1140. The zero-order valence-corrected chi connectivity index (χ0v) is 18.3. The number of halogens is 3. The fourth-order valence-corrected chi connectivity index (χ4v) is 5.19. The summed E-state index contributed by atoms with van der Waals surface area (Å²) in [7, 11) is 0. The molecule has 3 heterocycles. The van der Waals surface area contributed by atoms with Gasteiger partial charge in [-0.25, -0.2) is 9.97 Å². The number of nitrogens with zero attached hydrogens (tertiary/aromatic N) is 3. The Labute approximate surface area is 182 Å². The molecule has 0 aliphatic carbocycles. The predicted molar refractivity (Wildman–Crippen MR) is 117 cm³/mol. The molecule has 1 atom stereocenters. The summed E-state index contributed by atoms with van der Waals surface area (Å²) in [6.45, 7) is 6.65. The van der Waals surface area contributed by atoms with Gasteiger partial charge < -0.3 is 10.2 Å². The van der Waals surface area contributed by atoms with Gasteiger partial charge in [0.25, 0.3) is 5.91 Å². The van der Waals surface area contributed by atoms with Crippen molar-refractivity contribution in [3.05, 3.63) is 46.1 Å². The number of anilines is 2. The van der Waals surface area contributed by atoms with Crippen LogP contribution < -0.4 is 10.2 Å². The van der Waals surface area contributed by atoms with Crippen LogP contribution in [0.25, 0.3) is 10.2 Å². The molecule has 4 rings (SSSR count). The van der Waals surface area contributed by atoms with Crippen LogP contribution in [0.2, 0.25) is 0 Å². The van der Waals surface area contributed by atoms with Gasteiger partial charge in [-0.1, -0.05) is 12.1 Å². The summed E-state index contributed by atoms with van der Waals surface area (Å²) in [4.78, 5) is 25.4. The second-order valence-electron chi connectivity index (χ2n) is 7.87. The highest BCUT2D eigenvalue weighted by molar-refractivity contribution is 7.20. The molecular weight excluding hydrogens is 425 g/mol. The number of fused-ring (bicyclic) bond motifs is 1. The smallest absolute Gasteiger partial charge is 0.353 e. The molecule has 0 radical (unpaired) electrons. The van der Waals surface area contributed by atoms with Crippen molar-refractivity contribution in [3.63, 3.8) is 0 Å². The lowest BCUT2D eigenvalue weighted by Gasteiger charge is -2.35. The van der Waals surface area contributed by atoms with Crippen LogP contribution in [0.4, 0.5) is 24.7 Å². The molecule has 1 amide bonds. The number of thiophene rings is 1. The first-order chi connectivity index (χ1) is 14.7. The lowest BCUT2D eigenvalue weighted by atomic mass is 10.0. The van der Waals surface area contributed by atoms with E-state index in [2.05, 4.69) is 27.1 Å². The van der Waals surface area contributed by atoms with E-state index in [1.54, 1.807) is 6.92 Å². The number of hydrogen-bond donors (Lipinski definition) is 1.